The van der Waals surface area contributed by atoms with E-state index in [1.54, 1.807) is 19.2 Å². The molecule has 0 aliphatic carbocycles. The molecule has 6 nitrogen and oxygen atoms in total. The van der Waals surface area contributed by atoms with Crippen LogP contribution in [0.2, 0.25) is 5.02 Å². The van der Waals surface area contributed by atoms with Gasteiger partial charge in [-0.3, -0.25) is 9.59 Å². The molecule has 3 aromatic rings. The number of nitrogens with zero attached hydrogens (tertiary/aromatic N) is 1. The largest absolute Gasteiger partial charge is 0.497 e. The van der Waals surface area contributed by atoms with Gasteiger partial charge >= 0.3 is 0 Å². The van der Waals surface area contributed by atoms with Crippen LogP contribution in [-0.4, -0.2) is 36.5 Å². The molecule has 1 aromatic heterocycles. The first-order chi connectivity index (χ1) is 14.0. The number of anilines is 1. The van der Waals surface area contributed by atoms with E-state index in [1.165, 1.54) is 4.90 Å². The van der Waals surface area contributed by atoms with Gasteiger partial charge in [0, 0.05) is 28.7 Å². The van der Waals surface area contributed by atoms with Crippen LogP contribution in [0.15, 0.2) is 42.6 Å². The molecule has 2 heterocycles. The van der Waals surface area contributed by atoms with Crippen LogP contribution in [0.3, 0.4) is 0 Å². The van der Waals surface area contributed by atoms with E-state index in [-0.39, 0.29) is 18.2 Å². The molecule has 1 aliphatic heterocycles. The van der Waals surface area contributed by atoms with Crippen molar-refractivity contribution in [3.8, 4) is 5.75 Å². The molecular formula is C22H22ClN3O3. The Hall–Kier alpha value is -2.83. The lowest BCUT2D eigenvalue weighted by Crippen LogP contribution is -2.39. The summed E-state index contributed by atoms with van der Waals surface area (Å²) in [6.45, 7) is 2.44. The standard InChI is InChI=1S/C22H22ClN3O3/c1-13-3-4-15(23)9-20(13)26-21(27)11-19(22(26)28)24-8-7-14-12-25-18-6-5-16(29-2)10-17(14)18/h3-6,9-10,12,19,24-25H,7-8,11H2,1-2H3/t19-/m1/s1. The van der Waals surface area contributed by atoms with E-state index in [0.717, 1.165) is 34.2 Å². The number of nitrogens with one attached hydrogen (secondary N) is 2. The summed E-state index contributed by atoms with van der Waals surface area (Å²) in [6.07, 6.45) is 2.84. The molecule has 0 radical (unpaired) electrons. The lowest BCUT2D eigenvalue weighted by atomic mass is 10.1. The van der Waals surface area contributed by atoms with E-state index in [1.807, 2.05) is 37.4 Å². The normalized spacial score (nSPS) is 16.8. The molecule has 7 heteroatoms. The van der Waals surface area contributed by atoms with Gasteiger partial charge in [0.15, 0.2) is 0 Å². The number of aromatic nitrogens is 1. The molecule has 2 aromatic carbocycles. The van der Waals surface area contributed by atoms with Crippen LogP contribution in [-0.2, 0) is 16.0 Å². The molecule has 0 saturated carbocycles. The quantitative estimate of drug-likeness (QED) is 0.608. The minimum atomic E-state index is -0.527. The molecule has 0 bridgehead atoms. The smallest absolute Gasteiger partial charge is 0.251 e. The monoisotopic (exact) mass is 411 g/mol. The fourth-order valence-corrected chi connectivity index (χ4v) is 3.91. The molecular weight excluding hydrogens is 390 g/mol. The van der Waals surface area contributed by atoms with E-state index in [2.05, 4.69) is 10.3 Å². The van der Waals surface area contributed by atoms with Crippen LogP contribution >= 0.6 is 11.6 Å². The Kier molecular flexibility index (Phi) is 5.30. The van der Waals surface area contributed by atoms with Gasteiger partial charge in [-0.1, -0.05) is 17.7 Å². The third-order valence-electron chi connectivity index (χ3n) is 5.32. The van der Waals surface area contributed by atoms with Crippen molar-refractivity contribution in [2.75, 3.05) is 18.6 Å². The topological polar surface area (TPSA) is 74.4 Å². The van der Waals surface area contributed by atoms with E-state index >= 15 is 0 Å². The highest BCUT2D eigenvalue weighted by Crippen LogP contribution is 2.29. The van der Waals surface area contributed by atoms with Crippen LogP contribution in [0, 0.1) is 6.92 Å². The number of aryl methyl sites for hydroxylation is 1. The number of carbonyl (C=O) groups excluding carboxylic acids is 2. The SMILES string of the molecule is COc1ccc2[nH]cc(CCN[C@@H]3CC(=O)N(c4cc(Cl)ccc4C)C3=O)c2c1. The predicted octanol–water partition coefficient (Wildman–Crippen LogP) is 3.60. The third kappa shape index (κ3) is 3.73. The first kappa shape index (κ1) is 19.5. The molecule has 1 atom stereocenters. The Bertz CT molecular complexity index is 1090. The predicted molar refractivity (Wildman–Crippen MR) is 114 cm³/mol. The Morgan fingerprint density at radius 1 is 1.24 bits per heavy atom. The lowest BCUT2D eigenvalue weighted by Gasteiger charge is -2.18. The second kappa shape index (κ2) is 7.89. The Morgan fingerprint density at radius 2 is 2.07 bits per heavy atom. The van der Waals surface area contributed by atoms with Gasteiger partial charge in [0.1, 0.15) is 5.75 Å². The van der Waals surface area contributed by atoms with Crippen LogP contribution in [0.25, 0.3) is 10.9 Å². The van der Waals surface area contributed by atoms with Gasteiger partial charge in [0.2, 0.25) is 5.91 Å². The second-order valence-electron chi connectivity index (χ2n) is 7.18. The average molecular weight is 412 g/mol. The Balaban J connectivity index is 1.44. The van der Waals surface area contributed by atoms with Crippen molar-refractivity contribution < 1.29 is 14.3 Å². The Labute approximate surface area is 173 Å². The number of amides is 2. The first-order valence-electron chi connectivity index (χ1n) is 9.48. The maximum Gasteiger partial charge on any atom is 0.251 e. The van der Waals surface area contributed by atoms with Crippen LogP contribution < -0.4 is 15.0 Å². The number of carbonyl (C=O) groups is 2. The molecule has 1 fully saturated rings. The zero-order valence-corrected chi connectivity index (χ0v) is 17.0. The number of aromatic amines is 1. The van der Waals surface area contributed by atoms with Gasteiger partial charge in [0.05, 0.1) is 25.3 Å². The van der Waals surface area contributed by atoms with E-state index in [9.17, 15) is 9.59 Å². The average Bonchev–Trinajstić information content (AvgIpc) is 3.24. The van der Waals surface area contributed by atoms with E-state index in [4.69, 9.17) is 16.3 Å². The number of imide groups is 1. The highest BCUT2D eigenvalue weighted by Gasteiger charge is 2.39. The number of H-pyrrole nitrogens is 1. The number of methoxy groups -OCH3 is 1. The van der Waals surface area contributed by atoms with Gasteiger partial charge in [-0.25, -0.2) is 4.90 Å². The molecule has 4 rings (SSSR count). The van der Waals surface area contributed by atoms with Gasteiger partial charge in [-0.15, -0.1) is 0 Å². The van der Waals surface area contributed by atoms with Crippen molar-refractivity contribution >= 4 is 40.0 Å². The molecule has 2 N–H and O–H groups in total. The summed E-state index contributed by atoms with van der Waals surface area (Å²) in [5.41, 5.74) is 3.56. The van der Waals surface area contributed by atoms with Gasteiger partial charge in [-0.2, -0.15) is 0 Å². The van der Waals surface area contributed by atoms with Gasteiger partial charge < -0.3 is 15.0 Å². The maximum atomic E-state index is 12.8. The zero-order valence-electron chi connectivity index (χ0n) is 16.3. The summed E-state index contributed by atoms with van der Waals surface area (Å²) in [4.78, 5) is 29.8. The van der Waals surface area contributed by atoms with E-state index < -0.39 is 6.04 Å². The van der Waals surface area contributed by atoms with Crippen molar-refractivity contribution in [3.05, 3.63) is 58.7 Å². The van der Waals surface area contributed by atoms with Crippen LogP contribution in [0.4, 0.5) is 5.69 Å². The number of hydrogen-bond donors (Lipinski definition) is 2. The molecule has 1 aliphatic rings. The molecule has 2 amide bonds. The van der Waals surface area contributed by atoms with Gasteiger partial charge in [-0.05, 0) is 54.8 Å². The summed E-state index contributed by atoms with van der Waals surface area (Å²) in [5.74, 6) is 0.353. The van der Waals surface area contributed by atoms with Crippen molar-refractivity contribution in [2.45, 2.75) is 25.8 Å². The summed E-state index contributed by atoms with van der Waals surface area (Å²) < 4.78 is 5.30. The summed E-state index contributed by atoms with van der Waals surface area (Å²) >= 11 is 6.06. The Morgan fingerprint density at radius 3 is 2.86 bits per heavy atom. The number of fused-ring (bicyclic) bond motifs is 1. The van der Waals surface area contributed by atoms with Crippen LogP contribution in [0.1, 0.15) is 17.5 Å². The van der Waals surface area contributed by atoms with Crippen molar-refractivity contribution in [1.82, 2.24) is 10.3 Å². The van der Waals surface area contributed by atoms with E-state index in [0.29, 0.717) is 17.3 Å². The summed E-state index contributed by atoms with van der Waals surface area (Å²) in [5, 5.41) is 4.83. The zero-order chi connectivity index (χ0) is 20.5. The number of hydrogen-bond acceptors (Lipinski definition) is 4. The molecule has 0 unspecified atom stereocenters. The van der Waals surface area contributed by atoms with Crippen LogP contribution in [0.5, 0.6) is 5.75 Å². The number of benzene rings is 2. The number of rotatable bonds is 6. The summed E-state index contributed by atoms with van der Waals surface area (Å²) in [7, 11) is 1.64. The van der Waals surface area contributed by atoms with Crippen molar-refractivity contribution in [1.29, 1.82) is 0 Å². The minimum absolute atomic E-state index is 0.145. The van der Waals surface area contributed by atoms with Crippen molar-refractivity contribution in [3.63, 3.8) is 0 Å². The van der Waals surface area contributed by atoms with Gasteiger partial charge in [0.25, 0.3) is 5.91 Å². The molecule has 1 saturated heterocycles. The third-order valence-corrected chi connectivity index (χ3v) is 5.55. The summed E-state index contributed by atoms with van der Waals surface area (Å²) in [6, 6.07) is 10.6. The molecule has 150 valence electrons. The molecule has 0 spiro atoms. The fourth-order valence-electron chi connectivity index (χ4n) is 3.74. The molecule has 29 heavy (non-hydrogen) atoms. The number of halogens is 1. The first-order valence-corrected chi connectivity index (χ1v) is 9.86. The highest BCUT2D eigenvalue weighted by molar-refractivity contribution is 6.31. The fraction of sp³-hybridized carbons (Fsp3) is 0.273. The highest BCUT2D eigenvalue weighted by atomic mass is 35.5. The second-order valence-corrected chi connectivity index (χ2v) is 7.62. The number of ether oxygens (including phenoxy) is 1. The lowest BCUT2D eigenvalue weighted by molar-refractivity contribution is -0.121. The van der Waals surface area contributed by atoms with Crippen molar-refractivity contribution in [2.24, 2.45) is 0 Å². The minimum Gasteiger partial charge on any atom is -0.497 e. The maximum absolute atomic E-state index is 12.8.